The molecule has 2 aromatic rings. The molecule has 0 aliphatic heterocycles. The van der Waals surface area contributed by atoms with Crippen LogP contribution in [0.1, 0.15) is 17.4 Å². The van der Waals surface area contributed by atoms with Gasteiger partial charge in [0, 0.05) is 10.9 Å². The van der Waals surface area contributed by atoms with Gasteiger partial charge in [0.1, 0.15) is 11.8 Å². The molecule has 1 atom stereocenters. The lowest BCUT2D eigenvalue weighted by Gasteiger charge is -2.08. The molecular formula is C10H9BrN2OS. The molecule has 1 aromatic carbocycles. The Balaban J connectivity index is 2.13. The Morgan fingerprint density at radius 3 is 2.87 bits per heavy atom. The van der Waals surface area contributed by atoms with Crippen molar-refractivity contribution in [3.8, 4) is 0 Å². The Labute approximate surface area is 100 Å². The molecule has 1 N–H and O–H groups in total. The summed E-state index contributed by atoms with van der Waals surface area (Å²) in [6.07, 6.45) is 1.57. The van der Waals surface area contributed by atoms with Gasteiger partial charge in [-0.1, -0.05) is 34.1 Å². The maximum absolute atomic E-state index is 9.87. The van der Waals surface area contributed by atoms with Gasteiger partial charge in [-0.25, -0.2) is 0 Å². The Morgan fingerprint density at radius 2 is 2.20 bits per heavy atom. The lowest BCUT2D eigenvalue weighted by Crippen LogP contribution is -2.02. The molecule has 15 heavy (non-hydrogen) atoms. The largest absolute Gasteiger partial charge is 0.386 e. The number of hydrogen-bond acceptors (Lipinski definition) is 4. The molecule has 0 fully saturated rings. The van der Waals surface area contributed by atoms with Gasteiger partial charge in [0.2, 0.25) is 0 Å². The predicted octanol–water partition coefficient (Wildman–Crippen LogP) is 2.58. The van der Waals surface area contributed by atoms with Crippen LogP contribution in [0.2, 0.25) is 0 Å². The Hall–Kier alpha value is -0.780. The third kappa shape index (κ3) is 2.62. The van der Waals surface area contributed by atoms with E-state index in [0.29, 0.717) is 12.1 Å². The summed E-state index contributed by atoms with van der Waals surface area (Å²) in [5.74, 6) is 0. The maximum Gasteiger partial charge on any atom is 0.103 e. The highest BCUT2D eigenvalue weighted by atomic mass is 79.9. The van der Waals surface area contributed by atoms with Crippen molar-refractivity contribution in [1.29, 1.82) is 0 Å². The molecule has 0 aliphatic rings. The van der Waals surface area contributed by atoms with Crippen molar-refractivity contribution in [2.24, 2.45) is 0 Å². The fourth-order valence-corrected chi connectivity index (χ4v) is 2.21. The summed E-state index contributed by atoms with van der Waals surface area (Å²) < 4.78 is 8.88. The van der Waals surface area contributed by atoms with Crippen molar-refractivity contribution in [3.05, 3.63) is 46.2 Å². The predicted molar refractivity (Wildman–Crippen MR) is 62.7 cm³/mol. The zero-order valence-electron chi connectivity index (χ0n) is 7.80. The average molecular weight is 285 g/mol. The van der Waals surface area contributed by atoms with Crippen molar-refractivity contribution < 1.29 is 5.11 Å². The van der Waals surface area contributed by atoms with Gasteiger partial charge in [0.15, 0.2) is 0 Å². The van der Waals surface area contributed by atoms with Gasteiger partial charge >= 0.3 is 0 Å². The molecule has 0 spiro atoms. The first-order valence-electron chi connectivity index (χ1n) is 4.46. The van der Waals surface area contributed by atoms with Gasteiger partial charge in [-0.05, 0) is 11.6 Å². The van der Waals surface area contributed by atoms with E-state index in [1.807, 2.05) is 24.3 Å². The number of aliphatic hydroxyl groups excluding tert-OH is 1. The van der Waals surface area contributed by atoms with Crippen LogP contribution in [0, 0.1) is 0 Å². The van der Waals surface area contributed by atoms with Crippen LogP contribution in [0.5, 0.6) is 0 Å². The topological polar surface area (TPSA) is 46.0 Å². The summed E-state index contributed by atoms with van der Waals surface area (Å²) in [5.41, 5.74) is 1.70. The molecule has 0 bridgehead atoms. The number of halogens is 1. The smallest absolute Gasteiger partial charge is 0.103 e. The number of rotatable bonds is 3. The van der Waals surface area contributed by atoms with E-state index in [1.54, 1.807) is 6.20 Å². The van der Waals surface area contributed by atoms with Crippen molar-refractivity contribution >= 4 is 27.7 Å². The fraction of sp³-hybridized carbons (Fsp3) is 0.200. The third-order valence-corrected chi connectivity index (χ3v) is 3.36. The second kappa shape index (κ2) is 4.83. The first kappa shape index (κ1) is 10.7. The van der Waals surface area contributed by atoms with E-state index < -0.39 is 6.10 Å². The SMILES string of the molecule is OC(Cc1ccccc1Br)c1cnsn1. The molecular weight excluding hydrogens is 276 g/mol. The molecule has 0 aliphatic carbocycles. The molecule has 1 heterocycles. The fourth-order valence-electron chi connectivity index (χ4n) is 1.30. The van der Waals surface area contributed by atoms with E-state index in [2.05, 4.69) is 24.7 Å². The quantitative estimate of drug-likeness (QED) is 0.942. The Bertz CT molecular complexity index is 433. The molecule has 1 unspecified atom stereocenters. The van der Waals surface area contributed by atoms with E-state index >= 15 is 0 Å². The first-order chi connectivity index (χ1) is 7.27. The summed E-state index contributed by atoms with van der Waals surface area (Å²) in [6.45, 7) is 0. The van der Waals surface area contributed by atoms with Gasteiger partial charge in [0.05, 0.1) is 17.9 Å². The number of benzene rings is 1. The van der Waals surface area contributed by atoms with Crippen LogP contribution in [0.15, 0.2) is 34.9 Å². The van der Waals surface area contributed by atoms with Gasteiger partial charge < -0.3 is 5.11 Å². The molecule has 78 valence electrons. The highest BCUT2D eigenvalue weighted by molar-refractivity contribution is 9.10. The van der Waals surface area contributed by atoms with Crippen LogP contribution < -0.4 is 0 Å². The lowest BCUT2D eigenvalue weighted by molar-refractivity contribution is 0.174. The molecule has 3 nitrogen and oxygen atoms in total. The van der Waals surface area contributed by atoms with Gasteiger partial charge in [-0.15, -0.1) is 0 Å². The van der Waals surface area contributed by atoms with Crippen LogP contribution in [-0.2, 0) is 6.42 Å². The maximum atomic E-state index is 9.87. The molecule has 0 saturated heterocycles. The highest BCUT2D eigenvalue weighted by Crippen LogP contribution is 2.22. The monoisotopic (exact) mass is 284 g/mol. The molecule has 0 amide bonds. The van der Waals surface area contributed by atoms with Crippen LogP contribution in [-0.4, -0.2) is 13.9 Å². The number of aliphatic hydroxyl groups is 1. The summed E-state index contributed by atoms with van der Waals surface area (Å²) in [7, 11) is 0. The zero-order valence-corrected chi connectivity index (χ0v) is 10.2. The van der Waals surface area contributed by atoms with E-state index in [0.717, 1.165) is 21.8 Å². The number of aromatic nitrogens is 2. The minimum atomic E-state index is -0.581. The number of nitrogens with zero attached hydrogens (tertiary/aromatic N) is 2. The van der Waals surface area contributed by atoms with Gasteiger partial charge in [0.25, 0.3) is 0 Å². The van der Waals surface area contributed by atoms with E-state index in [4.69, 9.17) is 0 Å². The van der Waals surface area contributed by atoms with E-state index in [9.17, 15) is 5.11 Å². The summed E-state index contributed by atoms with van der Waals surface area (Å²) in [4.78, 5) is 0. The molecule has 2 rings (SSSR count). The molecule has 0 saturated carbocycles. The van der Waals surface area contributed by atoms with Crippen LogP contribution in [0.3, 0.4) is 0 Å². The molecule has 5 heteroatoms. The van der Waals surface area contributed by atoms with Crippen LogP contribution in [0.25, 0.3) is 0 Å². The van der Waals surface area contributed by atoms with Gasteiger partial charge in [-0.2, -0.15) is 8.75 Å². The van der Waals surface area contributed by atoms with Crippen molar-refractivity contribution in [1.82, 2.24) is 8.75 Å². The lowest BCUT2D eigenvalue weighted by atomic mass is 10.1. The zero-order chi connectivity index (χ0) is 10.7. The summed E-state index contributed by atoms with van der Waals surface area (Å²) in [6, 6.07) is 7.84. The first-order valence-corrected chi connectivity index (χ1v) is 5.98. The van der Waals surface area contributed by atoms with E-state index in [1.165, 1.54) is 0 Å². The van der Waals surface area contributed by atoms with Gasteiger partial charge in [-0.3, -0.25) is 0 Å². The normalized spacial score (nSPS) is 12.7. The summed E-state index contributed by atoms with van der Waals surface area (Å²) in [5, 5.41) is 9.87. The van der Waals surface area contributed by atoms with Crippen molar-refractivity contribution in [3.63, 3.8) is 0 Å². The van der Waals surface area contributed by atoms with Crippen molar-refractivity contribution in [2.75, 3.05) is 0 Å². The second-order valence-electron chi connectivity index (χ2n) is 3.14. The van der Waals surface area contributed by atoms with E-state index in [-0.39, 0.29) is 0 Å². The van der Waals surface area contributed by atoms with Crippen molar-refractivity contribution in [2.45, 2.75) is 12.5 Å². The highest BCUT2D eigenvalue weighted by Gasteiger charge is 2.12. The second-order valence-corrected chi connectivity index (χ2v) is 4.55. The average Bonchev–Trinajstić information content (AvgIpc) is 2.74. The Morgan fingerprint density at radius 1 is 1.40 bits per heavy atom. The standard InChI is InChI=1S/C10H9BrN2OS/c11-8-4-2-1-3-7(8)5-10(14)9-6-12-15-13-9/h1-4,6,10,14H,5H2. The third-order valence-electron chi connectivity index (χ3n) is 2.09. The molecule has 1 aromatic heterocycles. The van der Waals surface area contributed by atoms with Crippen LogP contribution in [0.4, 0.5) is 0 Å². The number of hydrogen-bond donors (Lipinski definition) is 1. The minimum absolute atomic E-state index is 0.548. The Kier molecular flexibility index (Phi) is 3.45. The minimum Gasteiger partial charge on any atom is -0.386 e. The van der Waals surface area contributed by atoms with Crippen LogP contribution >= 0.6 is 27.7 Å². The molecule has 0 radical (unpaired) electrons. The summed E-state index contributed by atoms with van der Waals surface area (Å²) >= 11 is 4.55.